The molecule has 0 saturated heterocycles. The van der Waals surface area contributed by atoms with Crippen LogP contribution in [0.3, 0.4) is 0 Å². The molecule has 0 amide bonds. The van der Waals surface area contributed by atoms with Gasteiger partial charge in [-0.2, -0.15) is 0 Å². The minimum atomic E-state index is -0.827. The van der Waals surface area contributed by atoms with Crippen molar-refractivity contribution < 1.29 is 8.78 Å². The Hall–Kier alpha value is -1.74. The maximum Gasteiger partial charge on any atom is 0.166 e. The van der Waals surface area contributed by atoms with Gasteiger partial charge in [0.15, 0.2) is 11.6 Å². The number of benzene rings is 2. The van der Waals surface area contributed by atoms with E-state index in [1.807, 2.05) is 19.1 Å². The summed E-state index contributed by atoms with van der Waals surface area (Å²) in [7, 11) is 0. The molecular formula is C15H15F2N. The molecule has 94 valence electrons. The van der Waals surface area contributed by atoms with Crippen LogP contribution >= 0.6 is 0 Å². The Morgan fingerprint density at radius 1 is 1.06 bits per heavy atom. The zero-order valence-electron chi connectivity index (χ0n) is 10.2. The number of hydrogen-bond donors (Lipinski definition) is 1. The standard InChI is InChI=1S/C15H15F2N/c1-10(18)9-11-5-7-12(8-6-11)13-3-2-4-14(16)15(13)17/h2-8,10H,9,18H2,1H3. The molecule has 0 aliphatic carbocycles. The fourth-order valence-electron chi connectivity index (χ4n) is 1.92. The number of hydrogen-bond acceptors (Lipinski definition) is 1. The van der Waals surface area contributed by atoms with Crippen LogP contribution in [0.5, 0.6) is 0 Å². The van der Waals surface area contributed by atoms with Gasteiger partial charge < -0.3 is 5.73 Å². The van der Waals surface area contributed by atoms with E-state index >= 15 is 0 Å². The smallest absolute Gasteiger partial charge is 0.166 e. The van der Waals surface area contributed by atoms with Gasteiger partial charge in [0, 0.05) is 11.6 Å². The molecule has 0 heterocycles. The first-order valence-corrected chi connectivity index (χ1v) is 5.87. The second-order valence-electron chi connectivity index (χ2n) is 4.48. The summed E-state index contributed by atoms with van der Waals surface area (Å²) in [6, 6.07) is 11.6. The molecule has 0 spiro atoms. The molecule has 2 aromatic rings. The number of rotatable bonds is 3. The Balaban J connectivity index is 2.32. The predicted molar refractivity (Wildman–Crippen MR) is 69.1 cm³/mol. The van der Waals surface area contributed by atoms with Crippen LogP contribution < -0.4 is 5.73 Å². The zero-order chi connectivity index (χ0) is 13.1. The third-order valence-electron chi connectivity index (χ3n) is 2.77. The van der Waals surface area contributed by atoms with Crippen molar-refractivity contribution in [3.63, 3.8) is 0 Å². The lowest BCUT2D eigenvalue weighted by molar-refractivity contribution is 0.511. The van der Waals surface area contributed by atoms with Gasteiger partial charge in [-0.05, 0) is 30.5 Å². The Labute approximate surface area is 105 Å². The Bertz CT molecular complexity index is 533. The van der Waals surface area contributed by atoms with Crippen LogP contribution in [0.1, 0.15) is 12.5 Å². The number of nitrogens with two attached hydrogens (primary N) is 1. The molecule has 2 N–H and O–H groups in total. The molecule has 18 heavy (non-hydrogen) atoms. The molecule has 1 nitrogen and oxygen atoms in total. The van der Waals surface area contributed by atoms with Crippen molar-refractivity contribution >= 4 is 0 Å². The fourth-order valence-corrected chi connectivity index (χ4v) is 1.92. The van der Waals surface area contributed by atoms with Crippen LogP contribution in [-0.4, -0.2) is 6.04 Å². The van der Waals surface area contributed by atoms with Crippen LogP contribution in [-0.2, 0) is 6.42 Å². The molecule has 2 rings (SSSR count). The van der Waals surface area contributed by atoms with Crippen molar-refractivity contribution in [3.8, 4) is 11.1 Å². The van der Waals surface area contributed by atoms with Gasteiger partial charge in [0.05, 0.1) is 0 Å². The lowest BCUT2D eigenvalue weighted by Gasteiger charge is -2.07. The third kappa shape index (κ3) is 2.74. The highest BCUT2D eigenvalue weighted by molar-refractivity contribution is 5.64. The van der Waals surface area contributed by atoms with Gasteiger partial charge >= 0.3 is 0 Å². The summed E-state index contributed by atoms with van der Waals surface area (Å²) in [5.41, 5.74) is 7.74. The summed E-state index contributed by atoms with van der Waals surface area (Å²) >= 11 is 0. The molecule has 0 radical (unpaired) electrons. The van der Waals surface area contributed by atoms with Gasteiger partial charge in [0.2, 0.25) is 0 Å². The maximum absolute atomic E-state index is 13.6. The van der Waals surface area contributed by atoms with Gasteiger partial charge in [-0.3, -0.25) is 0 Å². The lowest BCUT2D eigenvalue weighted by Crippen LogP contribution is -2.17. The van der Waals surface area contributed by atoms with E-state index in [2.05, 4.69) is 0 Å². The van der Waals surface area contributed by atoms with Gasteiger partial charge in [0.1, 0.15) is 0 Å². The first kappa shape index (κ1) is 12.7. The minimum Gasteiger partial charge on any atom is -0.328 e. The van der Waals surface area contributed by atoms with E-state index in [1.54, 1.807) is 18.2 Å². The van der Waals surface area contributed by atoms with Crippen molar-refractivity contribution in [1.29, 1.82) is 0 Å². The Morgan fingerprint density at radius 2 is 1.72 bits per heavy atom. The largest absolute Gasteiger partial charge is 0.328 e. The van der Waals surface area contributed by atoms with Gasteiger partial charge in [0.25, 0.3) is 0 Å². The van der Waals surface area contributed by atoms with Crippen molar-refractivity contribution in [3.05, 3.63) is 59.7 Å². The lowest BCUT2D eigenvalue weighted by atomic mass is 10.0. The molecule has 3 heteroatoms. The van der Waals surface area contributed by atoms with E-state index < -0.39 is 11.6 Å². The molecule has 0 saturated carbocycles. The van der Waals surface area contributed by atoms with Crippen LogP contribution in [0.15, 0.2) is 42.5 Å². The van der Waals surface area contributed by atoms with Crippen LogP contribution in [0.25, 0.3) is 11.1 Å². The maximum atomic E-state index is 13.6. The average molecular weight is 247 g/mol. The highest BCUT2D eigenvalue weighted by Gasteiger charge is 2.09. The second kappa shape index (κ2) is 5.27. The Morgan fingerprint density at radius 3 is 2.33 bits per heavy atom. The van der Waals surface area contributed by atoms with E-state index in [0.29, 0.717) is 5.56 Å². The summed E-state index contributed by atoms with van der Waals surface area (Å²) in [5.74, 6) is -1.63. The van der Waals surface area contributed by atoms with E-state index in [4.69, 9.17) is 5.73 Å². The molecule has 1 atom stereocenters. The van der Waals surface area contributed by atoms with Crippen molar-refractivity contribution in [2.75, 3.05) is 0 Å². The SMILES string of the molecule is CC(N)Cc1ccc(-c2cccc(F)c2F)cc1. The molecule has 0 aromatic heterocycles. The van der Waals surface area contributed by atoms with Gasteiger partial charge in [-0.1, -0.05) is 36.4 Å². The fraction of sp³-hybridized carbons (Fsp3) is 0.200. The van der Waals surface area contributed by atoms with Crippen molar-refractivity contribution in [2.24, 2.45) is 5.73 Å². The first-order chi connectivity index (χ1) is 8.58. The van der Waals surface area contributed by atoms with Crippen LogP contribution in [0, 0.1) is 11.6 Å². The van der Waals surface area contributed by atoms with Crippen molar-refractivity contribution in [1.82, 2.24) is 0 Å². The molecular weight excluding hydrogens is 232 g/mol. The van der Waals surface area contributed by atoms with Gasteiger partial charge in [-0.25, -0.2) is 8.78 Å². The summed E-state index contributed by atoms with van der Waals surface area (Å²) in [4.78, 5) is 0. The summed E-state index contributed by atoms with van der Waals surface area (Å²) in [6.45, 7) is 1.93. The van der Waals surface area contributed by atoms with E-state index in [9.17, 15) is 8.78 Å². The topological polar surface area (TPSA) is 26.0 Å². The first-order valence-electron chi connectivity index (χ1n) is 5.87. The van der Waals surface area contributed by atoms with E-state index in [1.165, 1.54) is 6.07 Å². The average Bonchev–Trinajstić information content (AvgIpc) is 2.33. The predicted octanol–water partition coefficient (Wildman–Crippen LogP) is 3.52. The Kier molecular flexibility index (Phi) is 3.72. The highest BCUT2D eigenvalue weighted by Crippen LogP contribution is 2.24. The second-order valence-corrected chi connectivity index (χ2v) is 4.48. The molecule has 1 unspecified atom stereocenters. The van der Waals surface area contributed by atoms with E-state index in [0.717, 1.165) is 18.1 Å². The third-order valence-corrected chi connectivity index (χ3v) is 2.77. The monoisotopic (exact) mass is 247 g/mol. The summed E-state index contributed by atoms with van der Waals surface area (Å²) in [6.07, 6.45) is 0.770. The van der Waals surface area contributed by atoms with E-state index in [-0.39, 0.29) is 11.6 Å². The molecule has 0 aliphatic rings. The van der Waals surface area contributed by atoms with Gasteiger partial charge in [-0.15, -0.1) is 0 Å². The van der Waals surface area contributed by atoms with Crippen molar-refractivity contribution in [2.45, 2.75) is 19.4 Å². The van der Waals surface area contributed by atoms with Crippen LogP contribution in [0.2, 0.25) is 0 Å². The molecule has 0 aliphatic heterocycles. The molecule has 0 fully saturated rings. The quantitative estimate of drug-likeness (QED) is 0.882. The zero-order valence-corrected chi connectivity index (χ0v) is 10.2. The van der Waals surface area contributed by atoms with Crippen LogP contribution in [0.4, 0.5) is 8.78 Å². The normalized spacial score (nSPS) is 12.4. The number of halogens is 2. The molecule has 2 aromatic carbocycles. The minimum absolute atomic E-state index is 0.0850. The summed E-state index contributed by atoms with van der Waals surface area (Å²) < 4.78 is 26.7. The highest BCUT2D eigenvalue weighted by atomic mass is 19.2. The molecule has 0 bridgehead atoms. The summed E-state index contributed by atoms with van der Waals surface area (Å²) in [5, 5.41) is 0.